The Labute approximate surface area is 91.5 Å². The Hall–Kier alpha value is -1.89. The maximum Gasteiger partial charge on any atom is 0.330 e. The van der Waals surface area contributed by atoms with E-state index in [-0.39, 0.29) is 18.6 Å². The van der Waals surface area contributed by atoms with E-state index in [1.54, 1.807) is 7.05 Å². The molecule has 0 aliphatic carbocycles. The van der Waals surface area contributed by atoms with Gasteiger partial charge < -0.3 is 11.1 Å². The average Bonchev–Trinajstić information content (AvgIpc) is 2.22. The number of carbonyl (C=O) groups excluding carboxylic acids is 1. The van der Waals surface area contributed by atoms with Gasteiger partial charge in [-0.3, -0.25) is 18.7 Å². The third kappa shape index (κ3) is 2.57. The van der Waals surface area contributed by atoms with Crippen molar-refractivity contribution in [2.75, 3.05) is 6.54 Å². The van der Waals surface area contributed by atoms with Crippen LogP contribution >= 0.6 is 0 Å². The molecule has 0 radical (unpaired) electrons. The van der Waals surface area contributed by atoms with Crippen LogP contribution < -0.4 is 22.3 Å². The molecule has 0 spiro atoms. The molecule has 1 aromatic heterocycles. The zero-order chi connectivity index (χ0) is 12.3. The summed E-state index contributed by atoms with van der Waals surface area (Å²) in [5.74, 6) is -0.492. The molecule has 0 aromatic carbocycles. The van der Waals surface area contributed by atoms with Crippen LogP contribution in [0.25, 0.3) is 0 Å². The van der Waals surface area contributed by atoms with Gasteiger partial charge in [-0.25, -0.2) is 4.79 Å². The van der Waals surface area contributed by atoms with Gasteiger partial charge in [0.2, 0.25) is 5.91 Å². The number of hydrogen-bond donors (Lipinski definition) is 2. The molecule has 7 nitrogen and oxygen atoms in total. The minimum absolute atomic E-state index is 0.00337. The van der Waals surface area contributed by atoms with Crippen LogP contribution in [-0.2, 0) is 25.4 Å². The lowest BCUT2D eigenvalue weighted by Gasteiger charge is -2.09. The van der Waals surface area contributed by atoms with Crippen molar-refractivity contribution in [3.05, 3.63) is 32.6 Å². The average molecular weight is 226 g/mol. The first-order valence-electron chi connectivity index (χ1n) is 4.68. The highest BCUT2D eigenvalue weighted by Gasteiger charge is 2.05. The molecule has 16 heavy (non-hydrogen) atoms. The van der Waals surface area contributed by atoms with E-state index in [9.17, 15) is 14.4 Å². The fraction of sp³-hybridized carbons (Fsp3) is 0.444. The molecule has 0 unspecified atom stereocenters. The molecule has 0 saturated heterocycles. The highest BCUT2D eigenvalue weighted by atomic mass is 16.2. The summed E-state index contributed by atoms with van der Waals surface area (Å²) >= 11 is 0. The van der Waals surface area contributed by atoms with Crippen LogP contribution in [0.1, 0.15) is 5.69 Å². The lowest BCUT2D eigenvalue weighted by Crippen LogP contribution is -2.39. The number of rotatable bonds is 4. The Kier molecular flexibility index (Phi) is 3.62. The summed E-state index contributed by atoms with van der Waals surface area (Å²) in [5, 5.41) is 2.73. The molecular formula is C9H14N4O3. The number of carbonyl (C=O) groups is 1. The quantitative estimate of drug-likeness (QED) is 0.601. The summed E-state index contributed by atoms with van der Waals surface area (Å²) in [6, 6.07) is 1.34. The van der Waals surface area contributed by atoms with Crippen LogP contribution in [0.3, 0.4) is 0 Å². The molecular weight excluding hydrogens is 212 g/mol. The molecule has 0 fully saturated rings. The first-order chi connectivity index (χ1) is 7.43. The van der Waals surface area contributed by atoms with E-state index in [2.05, 4.69) is 5.32 Å². The van der Waals surface area contributed by atoms with E-state index in [1.807, 2.05) is 0 Å². The monoisotopic (exact) mass is 226 g/mol. The molecule has 0 bridgehead atoms. The van der Waals surface area contributed by atoms with E-state index in [4.69, 9.17) is 5.73 Å². The maximum absolute atomic E-state index is 11.5. The molecule has 1 rings (SSSR count). The largest absolute Gasteiger partial charge is 0.369 e. The molecule has 0 aliphatic rings. The Bertz CT molecular complexity index is 514. The van der Waals surface area contributed by atoms with Gasteiger partial charge in [-0.1, -0.05) is 0 Å². The molecule has 1 aromatic rings. The summed E-state index contributed by atoms with van der Waals surface area (Å²) in [5.41, 5.74) is 4.68. The van der Waals surface area contributed by atoms with Crippen LogP contribution in [0.5, 0.6) is 0 Å². The van der Waals surface area contributed by atoms with E-state index < -0.39 is 11.6 Å². The molecule has 88 valence electrons. The number of aromatic nitrogens is 2. The lowest BCUT2D eigenvalue weighted by atomic mass is 10.3. The first-order valence-corrected chi connectivity index (χ1v) is 4.68. The Balaban J connectivity index is 2.94. The van der Waals surface area contributed by atoms with Gasteiger partial charge in [-0.2, -0.15) is 0 Å². The predicted molar refractivity (Wildman–Crippen MR) is 57.8 cm³/mol. The van der Waals surface area contributed by atoms with Gasteiger partial charge in [0.25, 0.3) is 5.56 Å². The molecule has 1 amide bonds. The highest BCUT2D eigenvalue weighted by Crippen LogP contribution is 1.88. The fourth-order valence-electron chi connectivity index (χ4n) is 1.26. The van der Waals surface area contributed by atoms with Gasteiger partial charge in [0.15, 0.2) is 0 Å². The number of primary amides is 1. The summed E-state index contributed by atoms with van der Waals surface area (Å²) in [6.45, 7) is 0.244. The van der Waals surface area contributed by atoms with E-state index in [1.165, 1.54) is 17.7 Å². The smallest absolute Gasteiger partial charge is 0.330 e. The second-order valence-corrected chi connectivity index (χ2v) is 3.44. The highest BCUT2D eigenvalue weighted by molar-refractivity contribution is 5.75. The zero-order valence-corrected chi connectivity index (χ0v) is 9.19. The summed E-state index contributed by atoms with van der Waals surface area (Å²) in [4.78, 5) is 33.3. The van der Waals surface area contributed by atoms with Gasteiger partial charge >= 0.3 is 5.69 Å². The van der Waals surface area contributed by atoms with Gasteiger partial charge in [0, 0.05) is 32.4 Å². The number of nitrogens with two attached hydrogens (primary N) is 1. The SMILES string of the molecule is Cn1c(CNCC(N)=O)cc(=O)n(C)c1=O. The summed E-state index contributed by atoms with van der Waals surface area (Å²) < 4.78 is 2.35. The fourth-order valence-corrected chi connectivity index (χ4v) is 1.26. The topological polar surface area (TPSA) is 99.1 Å². The standard InChI is InChI=1S/C9H14N4O3/c1-12-6(4-11-5-7(10)14)3-8(15)13(2)9(12)16/h3,11H,4-5H2,1-2H3,(H2,10,14). The van der Waals surface area contributed by atoms with Crippen molar-refractivity contribution in [2.45, 2.75) is 6.54 Å². The van der Waals surface area contributed by atoms with Crippen LogP contribution in [-0.4, -0.2) is 21.6 Å². The molecule has 0 saturated carbocycles. The van der Waals surface area contributed by atoms with Crippen molar-refractivity contribution < 1.29 is 4.79 Å². The number of nitrogens with zero attached hydrogens (tertiary/aromatic N) is 2. The van der Waals surface area contributed by atoms with Crippen molar-refractivity contribution in [3.8, 4) is 0 Å². The molecule has 0 atom stereocenters. The van der Waals surface area contributed by atoms with E-state index in [0.717, 1.165) is 4.57 Å². The van der Waals surface area contributed by atoms with Crippen LogP contribution in [0.15, 0.2) is 15.7 Å². The number of amides is 1. The number of hydrogen-bond acceptors (Lipinski definition) is 4. The summed E-state index contributed by atoms with van der Waals surface area (Å²) in [6.07, 6.45) is 0. The molecule has 7 heteroatoms. The first kappa shape index (κ1) is 12.2. The van der Waals surface area contributed by atoms with Crippen molar-refractivity contribution in [2.24, 2.45) is 19.8 Å². The van der Waals surface area contributed by atoms with Gasteiger partial charge in [0.05, 0.1) is 6.54 Å². The third-order valence-electron chi connectivity index (χ3n) is 2.23. The normalized spacial score (nSPS) is 10.4. The summed E-state index contributed by atoms with van der Waals surface area (Å²) in [7, 11) is 2.97. The van der Waals surface area contributed by atoms with E-state index in [0.29, 0.717) is 5.69 Å². The second kappa shape index (κ2) is 4.75. The van der Waals surface area contributed by atoms with Crippen molar-refractivity contribution in [1.29, 1.82) is 0 Å². The minimum atomic E-state index is -0.492. The molecule has 0 aliphatic heterocycles. The predicted octanol–water partition coefficient (Wildman–Crippen LogP) is -2.34. The van der Waals surface area contributed by atoms with Crippen molar-refractivity contribution in [1.82, 2.24) is 14.5 Å². The zero-order valence-electron chi connectivity index (χ0n) is 9.19. The van der Waals surface area contributed by atoms with Gasteiger partial charge in [-0.05, 0) is 0 Å². The van der Waals surface area contributed by atoms with Crippen LogP contribution in [0, 0.1) is 0 Å². The lowest BCUT2D eigenvalue weighted by molar-refractivity contribution is -0.117. The Morgan fingerprint density at radius 2 is 2.00 bits per heavy atom. The van der Waals surface area contributed by atoms with Gasteiger partial charge in [-0.15, -0.1) is 0 Å². The maximum atomic E-state index is 11.5. The Morgan fingerprint density at radius 3 is 2.56 bits per heavy atom. The van der Waals surface area contributed by atoms with Crippen molar-refractivity contribution >= 4 is 5.91 Å². The van der Waals surface area contributed by atoms with Crippen LogP contribution in [0.4, 0.5) is 0 Å². The van der Waals surface area contributed by atoms with E-state index >= 15 is 0 Å². The molecule has 3 N–H and O–H groups in total. The second-order valence-electron chi connectivity index (χ2n) is 3.44. The van der Waals surface area contributed by atoms with Crippen LogP contribution in [0.2, 0.25) is 0 Å². The van der Waals surface area contributed by atoms with Crippen molar-refractivity contribution in [3.63, 3.8) is 0 Å². The number of nitrogens with one attached hydrogen (secondary N) is 1. The Morgan fingerprint density at radius 1 is 1.38 bits per heavy atom. The third-order valence-corrected chi connectivity index (χ3v) is 2.23. The van der Waals surface area contributed by atoms with Gasteiger partial charge in [0.1, 0.15) is 0 Å². The molecule has 1 heterocycles. The minimum Gasteiger partial charge on any atom is -0.369 e.